The van der Waals surface area contributed by atoms with Crippen LogP contribution in [-0.4, -0.2) is 36.7 Å². The summed E-state index contributed by atoms with van der Waals surface area (Å²) < 4.78 is 29.5. The van der Waals surface area contributed by atoms with Crippen molar-refractivity contribution in [2.75, 3.05) is 18.9 Å². The summed E-state index contributed by atoms with van der Waals surface area (Å²) in [6, 6.07) is 4.67. The lowest BCUT2D eigenvalue weighted by Gasteiger charge is -2.14. The van der Waals surface area contributed by atoms with Crippen LogP contribution in [0.4, 0.5) is 14.5 Å². The van der Waals surface area contributed by atoms with Crippen LogP contribution in [0.2, 0.25) is 0 Å². The molecule has 1 aromatic rings. The molecule has 4 N–H and O–H groups in total. The van der Waals surface area contributed by atoms with Crippen LogP contribution < -0.4 is 15.8 Å². The maximum absolute atomic E-state index is 12.1. The van der Waals surface area contributed by atoms with E-state index in [1.54, 1.807) is 19.1 Å². The van der Waals surface area contributed by atoms with Crippen LogP contribution >= 0.6 is 0 Å². The number of amides is 1. The maximum Gasteiger partial charge on any atom is 0.265 e. The van der Waals surface area contributed by atoms with Crippen molar-refractivity contribution in [3.05, 3.63) is 23.8 Å². The van der Waals surface area contributed by atoms with Crippen molar-refractivity contribution in [1.82, 2.24) is 5.32 Å². The van der Waals surface area contributed by atoms with Crippen LogP contribution in [0.25, 0.3) is 0 Å². The van der Waals surface area contributed by atoms with E-state index >= 15 is 0 Å². The highest BCUT2D eigenvalue weighted by Crippen LogP contribution is 2.24. The van der Waals surface area contributed by atoms with Crippen molar-refractivity contribution in [3.63, 3.8) is 0 Å². The molecule has 0 aliphatic carbocycles. The molecule has 1 rings (SSSR count). The molecule has 0 saturated carbocycles. The van der Waals surface area contributed by atoms with Gasteiger partial charge in [-0.3, -0.25) is 4.79 Å². The first-order chi connectivity index (χ1) is 8.97. The molecule has 0 bridgehead atoms. The zero-order valence-corrected chi connectivity index (χ0v) is 10.4. The third kappa shape index (κ3) is 4.06. The number of alkyl halides is 2. The van der Waals surface area contributed by atoms with Crippen LogP contribution in [-0.2, 0) is 0 Å². The number of aliphatic hydroxyl groups excluding tert-OH is 1. The summed E-state index contributed by atoms with van der Waals surface area (Å²) in [5.41, 5.74) is 5.92. The first kappa shape index (κ1) is 15.2. The molecule has 0 aromatic heterocycles. The summed E-state index contributed by atoms with van der Waals surface area (Å²) in [7, 11) is 0. The number of benzene rings is 1. The second-order valence-corrected chi connectivity index (χ2v) is 3.77. The van der Waals surface area contributed by atoms with Crippen molar-refractivity contribution >= 4 is 11.6 Å². The van der Waals surface area contributed by atoms with Crippen molar-refractivity contribution in [3.8, 4) is 5.75 Å². The van der Waals surface area contributed by atoms with Crippen LogP contribution in [0.5, 0.6) is 5.75 Å². The fourth-order valence-electron chi connectivity index (χ4n) is 1.44. The van der Waals surface area contributed by atoms with Crippen LogP contribution in [0.15, 0.2) is 18.2 Å². The van der Waals surface area contributed by atoms with Gasteiger partial charge in [0.05, 0.1) is 6.61 Å². The molecule has 1 atom stereocenters. The lowest BCUT2D eigenvalue weighted by atomic mass is 10.1. The highest BCUT2D eigenvalue weighted by molar-refractivity contribution is 6.01. The fourth-order valence-corrected chi connectivity index (χ4v) is 1.44. The number of halogens is 2. The van der Waals surface area contributed by atoms with Gasteiger partial charge in [-0.1, -0.05) is 6.07 Å². The van der Waals surface area contributed by atoms with E-state index in [-0.39, 0.29) is 17.0 Å². The van der Waals surface area contributed by atoms with Gasteiger partial charge in [0.15, 0.2) is 0 Å². The summed E-state index contributed by atoms with van der Waals surface area (Å²) >= 11 is 0. The number of aliphatic hydroxyl groups is 1. The molecule has 0 heterocycles. The van der Waals surface area contributed by atoms with E-state index in [2.05, 4.69) is 5.32 Å². The molecule has 1 aromatic carbocycles. The maximum atomic E-state index is 12.1. The Morgan fingerprint density at radius 3 is 2.79 bits per heavy atom. The van der Waals surface area contributed by atoms with E-state index in [4.69, 9.17) is 15.6 Å². The summed E-state index contributed by atoms with van der Waals surface area (Å²) in [6.07, 6.45) is -4.83. The van der Waals surface area contributed by atoms with Gasteiger partial charge in [-0.05, 0) is 19.1 Å². The average Bonchev–Trinajstić information content (AvgIpc) is 2.36. The predicted molar refractivity (Wildman–Crippen MR) is 66.4 cm³/mol. The minimum absolute atomic E-state index is 0.0748. The monoisotopic (exact) mass is 274 g/mol. The molecule has 0 saturated heterocycles. The Balaban J connectivity index is 2.81. The van der Waals surface area contributed by atoms with E-state index in [9.17, 15) is 13.6 Å². The van der Waals surface area contributed by atoms with Crippen molar-refractivity contribution in [2.24, 2.45) is 0 Å². The number of carbonyl (C=O) groups is 1. The first-order valence-electron chi connectivity index (χ1n) is 5.73. The van der Waals surface area contributed by atoms with Crippen LogP contribution in [0.3, 0.4) is 0 Å². The van der Waals surface area contributed by atoms with Crippen molar-refractivity contribution in [1.29, 1.82) is 0 Å². The van der Waals surface area contributed by atoms with Crippen LogP contribution in [0, 0.1) is 0 Å². The summed E-state index contributed by atoms with van der Waals surface area (Å²) in [6.45, 7) is 1.52. The molecule has 0 aliphatic rings. The standard InChI is InChI=1S/C12H16F2N2O3/c1-2-19-9-5-3-4-7(15)10(9)12(18)16-6-8(17)11(13)14/h3-5,8,11,17H,2,6,15H2,1H3,(H,16,18). The molecular formula is C12H16F2N2O3. The Morgan fingerprint density at radius 1 is 1.53 bits per heavy atom. The first-order valence-corrected chi connectivity index (χ1v) is 5.73. The predicted octanol–water partition coefficient (Wildman–Crippen LogP) is 1.02. The second-order valence-electron chi connectivity index (χ2n) is 3.77. The molecule has 7 heteroatoms. The molecule has 19 heavy (non-hydrogen) atoms. The van der Waals surface area contributed by atoms with Gasteiger partial charge >= 0.3 is 0 Å². The minimum atomic E-state index is -2.92. The Labute approximate surface area is 109 Å². The third-order valence-corrected chi connectivity index (χ3v) is 2.35. The van der Waals surface area contributed by atoms with Crippen molar-refractivity contribution < 1.29 is 23.4 Å². The number of hydrogen-bond acceptors (Lipinski definition) is 4. The number of hydrogen-bond donors (Lipinski definition) is 3. The van der Waals surface area contributed by atoms with Gasteiger partial charge in [-0.25, -0.2) is 8.78 Å². The van der Waals surface area contributed by atoms with Crippen molar-refractivity contribution in [2.45, 2.75) is 19.5 Å². The molecule has 5 nitrogen and oxygen atoms in total. The zero-order valence-electron chi connectivity index (χ0n) is 10.4. The number of carbonyl (C=O) groups excluding carboxylic acids is 1. The highest BCUT2D eigenvalue weighted by Gasteiger charge is 2.20. The van der Waals surface area contributed by atoms with Gasteiger partial charge < -0.3 is 20.9 Å². The largest absolute Gasteiger partial charge is 0.493 e. The minimum Gasteiger partial charge on any atom is -0.493 e. The smallest absolute Gasteiger partial charge is 0.265 e. The van der Waals surface area contributed by atoms with Crippen LogP contribution in [0.1, 0.15) is 17.3 Å². The number of nitrogen functional groups attached to an aromatic ring is 1. The molecule has 0 spiro atoms. The molecule has 1 unspecified atom stereocenters. The van der Waals surface area contributed by atoms with E-state index in [1.807, 2.05) is 0 Å². The van der Waals surface area contributed by atoms with Gasteiger partial charge in [0.1, 0.15) is 17.4 Å². The molecule has 0 aliphatic heterocycles. The fraction of sp³-hybridized carbons (Fsp3) is 0.417. The molecule has 0 radical (unpaired) electrons. The Morgan fingerprint density at radius 2 is 2.21 bits per heavy atom. The normalized spacial score (nSPS) is 12.3. The topological polar surface area (TPSA) is 84.6 Å². The van der Waals surface area contributed by atoms with Gasteiger partial charge in [0.25, 0.3) is 12.3 Å². The molecular weight excluding hydrogens is 258 g/mol. The van der Waals surface area contributed by atoms with Gasteiger partial charge in [-0.15, -0.1) is 0 Å². The number of rotatable bonds is 6. The number of ether oxygens (including phenoxy) is 1. The number of anilines is 1. The quantitative estimate of drug-likeness (QED) is 0.676. The van der Waals surface area contributed by atoms with E-state index in [0.29, 0.717) is 6.61 Å². The Hall–Kier alpha value is -1.89. The van der Waals surface area contributed by atoms with Gasteiger partial charge in [0.2, 0.25) is 0 Å². The third-order valence-electron chi connectivity index (χ3n) is 2.35. The van der Waals surface area contributed by atoms with Gasteiger partial charge in [-0.2, -0.15) is 0 Å². The second kappa shape index (κ2) is 6.89. The van der Waals surface area contributed by atoms with E-state index in [0.717, 1.165) is 0 Å². The Bertz CT molecular complexity index is 441. The SMILES string of the molecule is CCOc1cccc(N)c1C(=O)NCC(O)C(F)F. The van der Waals surface area contributed by atoms with E-state index < -0.39 is 25.0 Å². The number of nitrogens with two attached hydrogens (primary N) is 1. The summed E-state index contributed by atoms with van der Waals surface area (Å²) in [5, 5.41) is 11.1. The zero-order chi connectivity index (χ0) is 14.4. The summed E-state index contributed by atoms with van der Waals surface area (Å²) in [5.74, 6) is -0.396. The highest BCUT2D eigenvalue weighted by atomic mass is 19.3. The molecule has 106 valence electrons. The Kier molecular flexibility index (Phi) is 5.50. The lowest BCUT2D eigenvalue weighted by molar-refractivity contribution is -0.00270. The average molecular weight is 274 g/mol. The van der Waals surface area contributed by atoms with E-state index in [1.165, 1.54) is 6.07 Å². The molecule has 0 fully saturated rings. The summed E-state index contributed by atoms with van der Waals surface area (Å²) in [4.78, 5) is 11.9. The lowest BCUT2D eigenvalue weighted by Crippen LogP contribution is -2.36. The number of nitrogens with one attached hydrogen (secondary N) is 1. The van der Waals surface area contributed by atoms with Gasteiger partial charge in [0, 0.05) is 12.2 Å². The molecule has 1 amide bonds.